The molecule has 1 heterocycles. The van der Waals surface area contributed by atoms with Crippen LogP contribution < -0.4 is 15.4 Å². The summed E-state index contributed by atoms with van der Waals surface area (Å²) in [4.78, 5) is 29.5. The molecule has 2 amide bonds. The molecule has 0 saturated heterocycles. The summed E-state index contributed by atoms with van der Waals surface area (Å²) >= 11 is 1.50. The Morgan fingerprint density at radius 2 is 1.90 bits per heavy atom. The number of benzene rings is 2. The number of ether oxygens (including phenoxy) is 1. The van der Waals surface area contributed by atoms with Gasteiger partial charge < -0.3 is 15.4 Å². The van der Waals surface area contributed by atoms with Gasteiger partial charge in [-0.2, -0.15) is 0 Å². The Morgan fingerprint density at radius 1 is 1.13 bits per heavy atom. The summed E-state index contributed by atoms with van der Waals surface area (Å²) in [6.45, 7) is 2.57. The molecule has 1 aromatic heterocycles. The molecule has 1 aliphatic carbocycles. The number of hydrogen-bond donors (Lipinski definition) is 2. The van der Waals surface area contributed by atoms with Crippen LogP contribution in [0.25, 0.3) is 10.6 Å². The van der Waals surface area contributed by atoms with Crippen molar-refractivity contribution in [3.8, 4) is 16.3 Å². The van der Waals surface area contributed by atoms with Crippen molar-refractivity contribution in [2.24, 2.45) is 0 Å². The Labute approximate surface area is 179 Å². The first-order valence-electron chi connectivity index (χ1n) is 9.99. The Balaban J connectivity index is 1.40. The summed E-state index contributed by atoms with van der Waals surface area (Å²) in [5.41, 5.74) is 2.67. The monoisotopic (exact) mass is 421 g/mol. The third kappa shape index (κ3) is 5.04. The van der Waals surface area contributed by atoms with Gasteiger partial charge in [0, 0.05) is 17.0 Å². The molecular formula is C23H23N3O3S. The summed E-state index contributed by atoms with van der Waals surface area (Å²) in [5, 5.41) is 8.55. The number of rotatable bonds is 8. The lowest BCUT2D eigenvalue weighted by atomic mass is 10.1. The number of amides is 2. The van der Waals surface area contributed by atoms with Gasteiger partial charge in [-0.25, -0.2) is 4.98 Å². The smallest absolute Gasteiger partial charge is 0.253 e. The van der Waals surface area contributed by atoms with Gasteiger partial charge in [-0.05, 0) is 56.2 Å². The van der Waals surface area contributed by atoms with Gasteiger partial charge in [0.15, 0.2) is 0 Å². The zero-order valence-electron chi connectivity index (χ0n) is 16.7. The van der Waals surface area contributed by atoms with Crippen LogP contribution in [0.15, 0.2) is 53.9 Å². The number of carbonyl (C=O) groups excluding carboxylic acids is 2. The largest absolute Gasteiger partial charge is 0.494 e. The molecule has 154 valence electrons. The number of hydrogen-bond acceptors (Lipinski definition) is 5. The van der Waals surface area contributed by atoms with Crippen LogP contribution in [-0.4, -0.2) is 29.4 Å². The van der Waals surface area contributed by atoms with E-state index >= 15 is 0 Å². The van der Waals surface area contributed by atoms with Gasteiger partial charge in [0.25, 0.3) is 5.91 Å². The normalized spacial score (nSPS) is 13.0. The number of anilines is 1. The molecule has 2 N–H and O–H groups in total. The maximum Gasteiger partial charge on any atom is 0.253 e. The molecule has 4 rings (SSSR count). The van der Waals surface area contributed by atoms with Crippen molar-refractivity contribution < 1.29 is 14.3 Å². The molecule has 0 unspecified atom stereocenters. The van der Waals surface area contributed by atoms with Crippen molar-refractivity contribution in [2.45, 2.75) is 32.2 Å². The van der Waals surface area contributed by atoms with Crippen molar-refractivity contribution in [1.82, 2.24) is 10.3 Å². The first-order chi connectivity index (χ1) is 14.6. The Hall–Kier alpha value is -3.19. The van der Waals surface area contributed by atoms with Gasteiger partial charge >= 0.3 is 0 Å². The Kier molecular flexibility index (Phi) is 6.09. The second-order valence-corrected chi connectivity index (χ2v) is 7.98. The molecule has 0 bridgehead atoms. The average Bonchev–Trinajstić information content (AvgIpc) is 3.44. The topological polar surface area (TPSA) is 80.3 Å². The minimum atomic E-state index is -0.204. The molecule has 1 fully saturated rings. The quantitative estimate of drug-likeness (QED) is 0.569. The fraction of sp³-hybridized carbons (Fsp3) is 0.261. The van der Waals surface area contributed by atoms with Crippen molar-refractivity contribution in [3.63, 3.8) is 0 Å². The van der Waals surface area contributed by atoms with E-state index in [1.54, 1.807) is 24.3 Å². The minimum Gasteiger partial charge on any atom is -0.494 e. The second kappa shape index (κ2) is 9.09. The summed E-state index contributed by atoms with van der Waals surface area (Å²) in [6, 6.07) is 15.1. The van der Waals surface area contributed by atoms with E-state index in [0.717, 1.165) is 29.2 Å². The van der Waals surface area contributed by atoms with Crippen molar-refractivity contribution in [1.29, 1.82) is 0 Å². The van der Waals surface area contributed by atoms with Crippen LogP contribution in [0, 0.1) is 0 Å². The lowest BCUT2D eigenvalue weighted by Gasteiger charge is -2.10. The van der Waals surface area contributed by atoms with Crippen molar-refractivity contribution in [3.05, 3.63) is 65.2 Å². The summed E-state index contributed by atoms with van der Waals surface area (Å²) < 4.78 is 5.46. The molecule has 30 heavy (non-hydrogen) atoms. The van der Waals surface area contributed by atoms with Gasteiger partial charge in [0.05, 0.1) is 30.0 Å². The summed E-state index contributed by atoms with van der Waals surface area (Å²) in [5.74, 6) is 0.465. The van der Waals surface area contributed by atoms with Crippen LogP contribution in [-0.2, 0) is 11.2 Å². The van der Waals surface area contributed by atoms with Crippen LogP contribution >= 0.6 is 11.3 Å². The van der Waals surface area contributed by atoms with E-state index in [9.17, 15) is 9.59 Å². The Bertz CT molecular complexity index is 1040. The van der Waals surface area contributed by atoms with E-state index < -0.39 is 0 Å². The molecule has 0 aliphatic heterocycles. The fourth-order valence-electron chi connectivity index (χ4n) is 3.02. The maximum absolute atomic E-state index is 12.6. The molecule has 2 aromatic carbocycles. The van der Waals surface area contributed by atoms with Crippen molar-refractivity contribution in [2.75, 3.05) is 11.9 Å². The third-order valence-corrected chi connectivity index (χ3v) is 5.60. The van der Waals surface area contributed by atoms with Gasteiger partial charge in [0.1, 0.15) is 10.8 Å². The summed E-state index contributed by atoms with van der Waals surface area (Å²) in [7, 11) is 0. The standard InChI is InChI=1S/C23H23N3O3S/c1-2-29-18-11-7-15(8-12-18)23-25-17(14-30-23)13-21(27)26-20-6-4-3-5-19(20)22(28)24-16-9-10-16/h3-8,11-12,14,16H,2,9-10,13H2,1H3,(H,24,28)(H,26,27). The minimum absolute atomic E-state index is 0.145. The number of para-hydroxylation sites is 1. The van der Waals surface area contributed by atoms with Crippen LogP contribution in [0.5, 0.6) is 5.75 Å². The molecule has 0 radical (unpaired) electrons. The van der Waals surface area contributed by atoms with E-state index in [-0.39, 0.29) is 24.3 Å². The highest BCUT2D eigenvalue weighted by Gasteiger charge is 2.25. The predicted molar refractivity (Wildman–Crippen MR) is 118 cm³/mol. The van der Waals surface area contributed by atoms with Gasteiger partial charge in [-0.1, -0.05) is 12.1 Å². The summed E-state index contributed by atoms with van der Waals surface area (Å²) in [6.07, 6.45) is 2.17. The van der Waals surface area contributed by atoms with Crippen LogP contribution in [0.3, 0.4) is 0 Å². The SMILES string of the molecule is CCOc1ccc(-c2nc(CC(=O)Nc3ccccc3C(=O)NC3CC3)cs2)cc1. The molecule has 1 aliphatic rings. The number of nitrogens with one attached hydrogen (secondary N) is 2. The lowest BCUT2D eigenvalue weighted by molar-refractivity contribution is -0.115. The van der Waals surface area contributed by atoms with Crippen LogP contribution in [0.2, 0.25) is 0 Å². The Morgan fingerprint density at radius 3 is 2.63 bits per heavy atom. The number of aromatic nitrogens is 1. The van der Waals surface area contributed by atoms with E-state index in [2.05, 4.69) is 15.6 Å². The number of thiazole rings is 1. The van der Waals surface area contributed by atoms with Gasteiger partial charge in [-0.3, -0.25) is 9.59 Å². The molecule has 7 heteroatoms. The zero-order chi connectivity index (χ0) is 20.9. The average molecular weight is 422 g/mol. The van der Waals surface area contributed by atoms with E-state index in [4.69, 9.17) is 4.74 Å². The first-order valence-corrected chi connectivity index (χ1v) is 10.9. The van der Waals surface area contributed by atoms with Gasteiger partial charge in [0.2, 0.25) is 5.91 Å². The van der Waals surface area contributed by atoms with Crippen LogP contribution in [0.1, 0.15) is 35.8 Å². The molecule has 6 nitrogen and oxygen atoms in total. The van der Waals surface area contributed by atoms with E-state index in [1.165, 1.54) is 11.3 Å². The number of carbonyl (C=O) groups is 2. The third-order valence-electron chi connectivity index (χ3n) is 4.66. The van der Waals surface area contributed by atoms with Crippen molar-refractivity contribution >= 4 is 28.8 Å². The number of nitrogens with zero attached hydrogens (tertiary/aromatic N) is 1. The highest BCUT2D eigenvalue weighted by molar-refractivity contribution is 7.13. The molecular weight excluding hydrogens is 398 g/mol. The van der Waals surface area contributed by atoms with E-state index in [0.29, 0.717) is 23.6 Å². The fourth-order valence-corrected chi connectivity index (χ4v) is 3.85. The van der Waals surface area contributed by atoms with E-state index in [1.807, 2.05) is 36.6 Å². The molecule has 0 atom stereocenters. The molecule has 0 spiro atoms. The molecule has 1 saturated carbocycles. The van der Waals surface area contributed by atoms with Gasteiger partial charge in [-0.15, -0.1) is 11.3 Å². The highest BCUT2D eigenvalue weighted by atomic mass is 32.1. The second-order valence-electron chi connectivity index (χ2n) is 7.12. The predicted octanol–water partition coefficient (Wildman–Crippen LogP) is 4.28. The maximum atomic E-state index is 12.6. The first kappa shape index (κ1) is 20.1. The lowest BCUT2D eigenvalue weighted by Crippen LogP contribution is -2.27. The zero-order valence-corrected chi connectivity index (χ0v) is 17.5. The van der Waals surface area contributed by atoms with Crippen LogP contribution in [0.4, 0.5) is 5.69 Å². The molecule has 3 aromatic rings. The highest BCUT2D eigenvalue weighted by Crippen LogP contribution is 2.26.